The summed E-state index contributed by atoms with van der Waals surface area (Å²) < 4.78 is 42.8. The van der Waals surface area contributed by atoms with E-state index in [2.05, 4.69) is 45.0 Å². The summed E-state index contributed by atoms with van der Waals surface area (Å²) in [5.41, 5.74) is 2.61. The zero-order valence-corrected chi connectivity index (χ0v) is 23.4. The summed E-state index contributed by atoms with van der Waals surface area (Å²) in [5.74, 6) is 5.16. The molecule has 4 aromatic rings. The van der Waals surface area contributed by atoms with E-state index in [0.29, 0.717) is 29.7 Å². The zero-order chi connectivity index (χ0) is 28.0. The lowest BCUT2D eigenvalue weighted by atomic mass is 9.66. The zero-order valence-electron chi connectivity index (χ0n) is 22.6. The van der Waals surface area contributed by atoms with E-state index in [9.17, 15) is 13.0 Å². The molecule has 0 N–H and O–H groups in total. The first kappa shape index (κ1) is 25.4. The van der Waals surface area contributed by atoms with Crippen molar-refractivity contribution in [2.75, 3.05) is 11.5 Å². The van der Waals surface area contributed by atoms with Crippen LogP contribution in [0.5, 0.6) is 0 Å². The third kappa shape index (κ3) is 3.59. The van der Waals surface area contributed by atoms with Gasteiger partial charge in [0.2, 0.25) is 0 Å². The van der Waals surface area contributed by atoms with Gasteiger partial charge in [0.05, 0.1) is 28.1 Å². The number of hydrogen-bond acceptors (Lipinski definition) is 7. The summed E-state index contributed by atoms with van der Waals surface area (Å²) in [6.45, 7) is 6.34. The van der Waals surface area contributed by atoms with Gasteiger partial charge in [-0.15, -0.1) is 10.2 Å². The largest absolute Gasteiger partial charge is 0.268 e. The molecule has 2 aliphatic carbocycles. The van der Waals surface area contributed by atoms with E-state index in [1.165, 1.54) is 18.2 Å². The number of aromatic nitrogens is 7. The van der Waals surface area contributed by atoms with E-state index in [4.69, 9.17) is 4.98 Å². The minimum atomic E-state index is -1.92. The Labute approximate surface area is 231 Å². The van der Waals surface area contributed by atoms with Gasteiger partial charge in [-0.3, -0.25) is 4.21 Å². The van der Waals surface area contributed by atoms with Gasteiger partial charge in [0, 0.05) is 23.6 Å². The summed E-state index contributed by atoms with van der Waals surface area (Å²) in [5, 5.41) is 13.6. The summed E-state index contributed by atoms with van der Waals surface area (Å²) >= 11 is 0. The summed E-state index contributed by atoms with van der Waals surface area (Å²) in [6, 6.07) is 7.61. The Morgan fingerprint density at radius 3 is 2.60 bits per heavy atom. The van der Waals surface area contributed by atoms with Crippen LogP contribution in [0, 0.1) is 29.9 Å². The Kier molecular flexibility index (Phi) is 5.36. The molecule has 11 heteroatoms. The highest BCUT2D eigenvalue weighted by molar-refractivity contribution is 8.01. The molecule has 0 radical (unpaired) electrons. The van der Waals surface area contributed by atoms with Crippen LogP contribution < -0.4 is 0 Å². The molecule has 2 fully saturated rings. The highest BCUT2D eigenvalue weighted by Gasteiger charge is 2.65. The van der Waals surface area contributed by atoms with Gasteiger partial charge >= 0.3 is 0 Å². The number of benzene rings is 1. The molecule has 206 valence electrons. The van der Waals surface area contributed by atoms with Crippen molar-refractivity contribution >= 4 is 15.4 Å². The van der Waals surface area contributed by atoms with Gasteiger partial charge in [-0.2, -0.15) is 9.78 Å². The van der Waals surface area contributed by atoms with Gasteiger partial charge in [0.25, 0.3) is 5.95 Å². The van der Waals surface area contributed by atoms with E-state index >= 15 is 0 Å². The fourth-order valence-corrected chi connectivity index (χ4v) is 9.16. The molecule has 8 nitrogen and oxygen atoms in total. The Morgan fingerprint density at radius 2 is 1.88 bits per heavy atom. The van der Waals surface area contributed by atoms with Crippen LogP contribution in [0.25, 0.3) is 17.2 Å². The lowest BCUT2D eigenvalue weighted by molar-refractivity contribution is 0.242. The van der Waals surface area contributed by atoms with Crippen LogP contribution in [0.2, 0.25) is 0 Å². The minimum Gasteiger partial charge on any atom is -0.268 e. The number of hydrogen-bond donors (Lipinski definition) is 0. The average Bonchev–Trinajstić information content (AvgIpc) is 3.50. The average molecular weight is 562 g/mol. The Bertz CT molecular complexity index is 1770. The molecule has 1 saturated heterocycles. The lowest BCUT2D eigenvalue weighted by Crippen LogP contribution is -2.38. The van der Waals surface area contributed by atoms with Gasteiger partial charge in [0.1, 0.15) is 18.0 Å². The molecule has 2 atom stereocenters. The molecule has 0 amide bonds. The molecule has 3 aromatic heterocycles. The number of nitrogens with zero attached hydrogens (tertiary/aromatic N) is 7. The Morgan fingerprint density at radius 1 is 1.12 bits per heavy atom. The molecule has 1 aliphatic heterocycles. The SMILES string of the molecule is C=S1(=O)CC(Cc2ncn(-c3nc(C)cc([C@@]45CC[C@@H](c6cc(-c7c(F)cccc7F)nnc64)C5(C)C)n3)n2)C1. The molecule has 0 spiro atoms. The van der Waals surface area contributed by atoms with Crippen LogP contribution in [-0.2, 0) is 21.4 Å². The van der Waals surface area contributed by atoms with Gasteiger partial charge in [-0.05, 0) is 82.2 Å². The standard InChI is InChI=1S/C29H29F2N7OS/c1-16-10-23(34-27(33-16)38-15-32-24(37-38)11-17-13-40(4,39)14-17)29-9-8-19(28(29,2)3)18-12-22(35-36-26(18)29)25-20(30)6-5-7-21(25)31/h5-7,10,12,15,17,19H,4,8-9,11,13-14H2,1-3H3/t17?,19-,29-,40?/m0/s1. The second kappa shape index (κ2) is 8.45. The van der Waals surface area contributed by atoms with E-state index in [1.54, 1.807) is 17.1 Å². The Balaban J connectivity index is 1.29. The first-order valence-corrected chi connectivity index (χ1v) is 15.5. The highest BCUT2D eigenvalue weighted by atomic mass is 32.2. The van der Waals surface area contributed by atoms with Crippen molar-refractivity contribution in [3.05, 3.63) is 76.8 Å². The van der Waals surface area contributed by atoms with Crippen molar-refractivity contribution in [3.63, 3.8) is 0 Å². The van der Waals surface area contributed by atoms with Crippen LogP contribution in [0.4, 0.5) is 8.78 Å². The molecular weight excluding hydrogens is 532 g/mol. The maximum absolute atomic E-state index is 14.6. The quantitative estimate of drug-likeness (QED) is 0.337. The topological polar surface area (TPSA) is 99.3 Å². The first-order valence-electron chi connectivity index (χ1n) is 13.4. The van der Waals surface area contributed by atoms with Gasteiger partial charge in [-0.1, -0.05) is 19.9 Å². The second-order valence-electron chi connectivity index (χ2n) is 12.0. The van der Waals surface area contributed by atoms with Crippen LogP contribution in [-0.4, -0.2) is 56.5 Å². The van der Waals surface area contributed by atoms with Gasteiger partial charge in [-0.25, -0.2) is 23.7 Å². The second-order valence-corrected chi connectivity index (χ2v) is 14.6. The normalized spacial score (nSPS) is 27.9. The Hall–Kier alpha value is -3.60. The first-order chi connectivity index (χ1) is 19.0. The lowest BCUT2D eigenvalue weighted by Gasteiger charge is -2.37. The molecule has 40 heavy (non-hydrogen) atoms. The minimum absolute atomic E-state index is 0.133. The molecule has 2 bridgehead atoms. The van der Waals surface area contributed by atoms with Crippen LogP contribution in [0.1, 0.15) is 61.1 Å². The third-order valence-corrected chi connectivity index (χ3v) is 11.3. The molecule has 0 unspecified atom stereocenters. The van der Waals surface area contributed by atoms with E-state index in [-0.39, 0.29) is 28.5 Å². The fraction of sp³-hybridized carbons (Fsp3) is 0.414. The van der Waals surface area contributed by atoms with E-state index < -0.39 is 26.6 Å². The van der Waals surface area contributed by atoms with Gasteiger partial charge in [0.15, 0.2) is 5.82 Å². The van der Waals surface area contributed by atoms with Crippen LogP contribution in [0.15, 0.2) is 36.7 Å². The molecular formula is C29H29F2N7OS. The number of aryl methyl sites for hydroxylation is 1. The summed E-state index contributed by atoms with van der Waals surface area (Å²) in [7, 11) is -1.92. The molecule has 1 saturated carbocycles. The number of rotatable bonds is 5. The van der Waals surface area contributed by atoms with Crippen molar-refractivity contribution in [1.82, 2.24) is 34.9 Å². The number of halogens is 2. The summed E-state index contributed by atoms with van der Waals surface area (Å²) in [4.78, 5) is 14.1. The summed E-state index contributed by atoms with van der Waals surface area (Å²) in [6.07, 6.45) is 3.98. The molecule has 4 heterocycles. The van der Waals surface area contributed by atoms with Crippen molar-refractivity contribution in [1.29, 1.82) is 0 Å². The third-order valence-electron chi connectivity index (χ3n) is 9.18. The maximum atomic E-state index is 14.6. The van der Waals surface area contributed by atoms with Crippen molar-refractivity contribution < 1.29 is 13.0 Å². The van der Waals surface area contributed by atoms with Gasteiger partial charge < -0.3 is 0 Å². The predicted molar refractivity (Wildman–Crippen MR) is 148 cm³/mol. The maximum Gasteiger partial charge on any atom is 0.252 e. The number of fused-ring (bicyclic) bond motifs is 5. The monoisotopic (exact) mass is 561 g/mol. The van der Waals surface area contributed by atoms with Crippen molar-refractivity contribution in [3.8, 4) is 17.2 Å². The molecule has 1 aromatic carbocycles. The molecule has 7 rings (SSSR count). The van der Waals surface area contributed by atoms with E-state index in [1.807, 2.05) is 13.0 Å². The van der Waals surface area contributed by atoms with Crippen LogP contribution in [0.3, 0.4) is 0 Å². The smallest absolute Gasteiger partial charge is 0.252 e. The fourth-order valence-electron chi connectivity index (χ4n) is 7.30. The van der Waals surface area contributed by atoms with E-state index in [0.717, 1.165) is 35.5 Å². The molecule has 3 aliphatic rings. The van der Waals surface area contributed by atoms with Crippen LogP contribution >= 0.6 is 0 Å². The predicted octanol–water partition coefficient (Wildman–Crippen LogP) is 4.19. The highest BCUT2D eigenvalue weighted by Crippen LogP contribution is 2.69. The van der Waals surface area contributed by atoms with Crippen molar-refractivity contribution in [2.45, 2.75) is 51.4 Å². The van der Waals surface area contributed by atoms with Crippen molar-refractivity contribution in [2.24, 2.45) is 11.3 Å².